The lowest BCUT2D eigenvalue weighted by Gasteiger charge is -2.13. The smallest absolute Gasteiger partial charge is 0.326 e. The molecule has 0 aliphatic rings. The molecule has 1 rings (SSSR count). The van der Waals surface area contributed by atoms with Gasteiger partial charge in [-0.1, -0.05) is 19.8 Å². The van der Waals surface area contributed by atoms with Gasteiger partial charge >= 0.3 is 5.97 Å². The van der Waals surface area contributed by atoms with Crippen molar-refractivity contribution in [3.05, 3.63) is 18.0 Å². The highest BCUT2D eigenvalue weighted by Crippen LogP contribution is 2.07. The molecule has 0 bridgehead atoms. The predicted molar refractivity (Wildman–Crippen MR) is 71.0 cm³/mol. The average Bonchev–Trinajstić information content (AvgIpc) is 2.83. The van der Waals surface area contributed by atoms with Crippen molar-refractivity contribution in [2.75, 3.05) is 0 Å². The van der Waals surface area contributed by atoms with E-state index in [0.717, 1.165) is 12.8 Å². The number of nitrogens with one attached hydrogen (secondary N) is 1. The SMILES string of the molecule is CCCC[C@H](NC(=O)c1cnn(C(C)C)c1)C(=O)O. The molecule has 0 aliphatic heterocycles. The van der Waals surface area contributed by atoms with Gasteiger partial charge in [-0.3, -0.25) is 9.48 Å². The minimum Gasteiger partial charge on any atom is -0.480 e. The zero-order valence-corrected chi connectivity index (χ0v) is 11.6. The number of carbonyl (C=O) groups excluding carboxylic acids is 1. The van der Waals surface area contributed by atoms with Gasteiger partial charge in [0.05, 0.1) is 11.8 Å². The first-order valence-corrected chi connectivity index (χ1v) is 6.53. The predicted octanol–water partition coefficient (Wildman–Crippen LogP) is 1.84. The Morgan fingerprint density at radius 3 is 2.63 bits per heavy atom. The summed E-state index contributed by atoms with van der Waals surface area (Å²) in [6, 6.07) is -0.674. The third-order valence-corrected chi connectivity index (χ3v) is 2.84. The van der Waals surface area contributed by atoms with Gasteiger partial charge in [0.15, 0.2) is 0 Å². The van der Waals surface area contributed by atoms with Crippen LogP contribution in [0, 0.1) is 0 Å². The summed E-state index contributed by atoms with van der Waals surface area (Å²) in [5.41, 5.74) is 0.386. The number of carboxylic acids is 1. The van der Waals surface area contributed by atoms with E-state index in [9.17, 15) is 9.59 Å². The first-order valence-electron chi connectivity index (χ1n) is 6.53. The zero-order chi connectivity index (χ0) is 14.4. The molecule has 0 spiro atoms. The Labute approximate surface area is 112 Å². The molecule has 1 atom stereocenters. The molecule has 19 heavy (non-hydrogen) atoms. The highest BCUT2D eigenvalue weighted by atomic mass is 16.4. The van der Waals surface area contributed by atoms with Crippen LogP contribution in [0.1, 0.15) is 56.4 Å². The Kier molecular flexibility index (Phi) is 5.54. The van der Waals surface area contributed by atoms with E-state index in [1.165, 1.54) is 6.20 Å². The van der Waals surface area contributed by atoms with Crippen molar-refractivity contribution in [3.63, 3.8) is 0 Å². The van der Waals surface area contributed by atoms with E-state index in [2.05, 4.69) is 10.4 Å². The maximum Gasteiger partial charge on any atom is 0.326 e. The molecule has 0 aliphatic carbocycles. The Balaban J connectivity index is 2.67. The van der Waals surface area contributed by atoms with Crippen LogP contribution in [0.3, 0.4) is 0 Å². The number of unbranched alkanes of at least 4 members (excludes halogenated alkanes) is 1. The van der Waals surface area contributed by atoms with Crippen LogP contribution >= 0.6 is 0 Å². The fraction of sp³-hybridized carbons (Fsp3) is 0.615. The molecular weight excluding hydrogens is 246 g/mol. The van der Waals surface area contributed by atoms with Gasteiger partial charge in [0.1, 0.15) is 6.04 Å². The van der Waals surface area contributed by atoms with Gasteiger partial charge in [-0.25, -0.2) is 4.79 Å². The fourth-order valence-corrected chi connectivity index (χ4v) is 1.64. The van der Waals surface area contributed by atoms with Crippen molar-refractivity contribution in [2.45, 2.75) is 52.1 Å². The highest BCUT2D eigenvalue weighted by molar-refractivity contribution is 5.96. The highest BCUT2D eigenvalue weighted by Gasteiger charge is 2.20. The van der Waals surface area contributed by atoms with Crippen molar-refractivity contribution in [2.24, 2.45) is 0 Å². The summed E-state index contributed by atoms with van der Waals surface area (Å²) < 4.78 is 1.66. The lowest BCUT2D eigenvalue weighted by Crippen LogP contribution is -2.40. The maximum absolute atomic E-state index is 11.9. The summed E-state index contributed by atoms with van der Waals surface area (Å²) in [6.07, 6.45) is 5.18. The van der Waals surface area contributed by atoms with Crippen LogP contribution in [-0.4, -0.2) is 32.8 Å². The lowest BCUT2D eigenvalue weighted by molar-refractivity contribution is -0.139. The zero-order valence-electron chi connectivity index (χ0n) is 11.6. The second-order valence-electron chi connectivity index (χ2n) is 4.81. The lowest BCUT2D eigenvalue weighted by atomic mass is 10.1. The number of carbonyl (C=O) groups is 2. The van der Waals surface area contributed by atoms with Crippen LogP contribution in [-0.2, 0) is 4.79 Å². The Hall–Kier alpha value is -1.85. The molecular formula is C13H21N3O3. The number of hydrogen-bond acceptors (Lipinski definition) is 3. The van der Waals surface area contributed by atoms with E-state index >= 15 is 0 Å². The maximum atomic E-state index is 11.9. The van der Waals surface area contributed by atoms with Gasteiger partial charge in [0.2, 0.25) is 0 Å². The third kappa shape index (κ3) is 4.39. The van der Waals surface area contributed by atoms with Gasteiger partial charge in [-0.15, -0.1) is 0 Å². The van der Waals surface area contributed by atoms with Crippen molar-refractivity contribution >= 4 is 11.9 Å². The molecule has 1 aromatic heterocycles. The van der Waals surface area contributed by atoms with E-state index in [0.29, 0.717) is 12.0 Å². The normalized spacial score (nSPS) is 12.4. The van der Waals surface area contributed by atoms with E-state index in [1.807, 2.05) is 20.8 Å². The molecule has 2 N–H and O–H groups in total. The second-order valence-corrected chi connectivity index (χ2v) is 4.81. The van der Waals surface area contributed by atoms with Gasteiger partial charge < -0.3 is 10.4 Å². The molecule has 1 amide bonds. The van der Waals surface area contributed by atoms with Gasteiger partial charge in [-0.05, 0) is 20.3 Å². The van der Waals surface area contributed by atoms with E-state index in [-0.39, 0.29) is 6.04 Å². The molecule has 6 heteroatoms. The van der Waals surface area contributed by atoms with E-state index in [1.54, 1.807) is 10.9 Å². The van der Waals surface area contributed by atoms with Crippen molar-refractivity contribution in [1.29, 1.82) is 0 Å². The van der Waals surface area contributed by atoms with Crippen LogP contribution in [0.4, 0.5) is 0 Å². The monoisotopic (exact) mass is 267 g/mol. The van der Waals surface area contributed by atoms with Crippen molar-refractivity contribution < 1.29 is 14.7 Å². The summed E-state index contributed by atoms with van der Waals surface area (Å²) in [5, 5.41) is 15.6. The minimum absolute atomic E-state index is 0.164. The molecule has 6 nitrogen and oxygen atoms in total. The largest absolute Gasteiger partial charge is 0.480 e. The molecule has 0 radical (unpaired) electrons. The Morgan fingerprint density at radius 2 is 2.16 bits per heavy atom. The molecule has 0 unspecified atom stereocenters. The number of aromatic nitrogens is 2. The van der Waals surface area contributed by atoms with Crippen LogP contribution < -0.4 is 5.32 Å². The van der Waals surface area contributed by atoms with Crippen LogP contribution in [0.2, 0.25) is 0 Å². The molecule has 0 saturated carbocycles. The average molecular weight is 267 g/mol. The number of aliphatic carboxylic acids is 1. The van der Waals surface area contributed by atoms with Crippen molar-refractivity contribution in [3.8, 4) is 0 Å². The van der Waals surface area contributed by atoms with Crippen LogP contribution in [0.5, 0.6) is 0 Å². The third-order valence-electron chi connectivity index (χ3n) is 2.84. The molecule has 0 fully saturated rings. The molecule has 1 heterocycles. The summed E-state index contributed by atoms with van der Waals surface area (Å²) >= 11 is 0. The van der Waals surface area contributed by atoms with E-state index < -0.39 is 17.9 Å². The van der Waals surface area contributed by atoms with Gasteiger partial charge in [-0.2, -0.15) is 5.10 Å². The fourth-order valence-electron chi connectivity index (χ4n) is 1.64. The van der Waals surface area contributed by atoms with Crippen LogP contribution in [0.15, 0.2) is 12.4 Å². The quantitative estimate of drug-likeness (QED) is 0.789. The summed E-state index contributed by atoms with van der Waals surface area (Å²) in [5.74, 6) is -1.39. The topological polar surface area (TPSA) is 84.2 Å². The first-order chi connectivity index (χ1) is 8.95. The number of amides is 1. The number of nitrogens with zero attached hydrogens (tertiary/aromatic N) is 2. The number of rotatable bonds is 7. The molecule has 0 aromatic carbocycles. The summed E-state index contributed by atoms with van der Waals surface area (Å²) in [6.45, 7) is 5.89. The van der Waals surface area contributed by atoms with Gasteiger partial charge in [0.25, 0.3) is 5.91 Å². The molecule has 106 valence electrons. The van der Waals surface area contributed by atoms with Gasteiger partial charge in [0, 0.05) is 12.2 Å². The second kappa shape index (κ2) is 6.92. The Morgan fingerprint density at radius 1 is 1.47 bits per heavy atom. The van der Waals surface area contributed by atoms with Crippen molar-refractivity contribution in [1.82, 2.24) is 15.1 Å². The Bertz CT molecular complexity index is 440. The summed E-state index contributed by atoms with van der Waals surface area (Å²) in [7, 11) is 0. The molecule has 0 saturated heterocycles. The first kappa shape index (κ1) is 15.2. The number of hydrogen-bond donors (Lipinski definition) is 2. The van der Waals surface area contributed by atoms with Crippen LogP contribution in [0.25, 0.3) is 0 Å². The minimum atomic E-state index is -1.00. The number of carboxylic acid groups (broad SMARTS) is 1. The molecule has 1 aromatic rings. The standard InChI is InChI=1S/C13H21N3O3/c1-4-5-6-11(13(18)19)15-12(17)10-7-14-16(8-10)9(2)3/h7-9,11H,4-6H2,1-3H3,(H,15,17)(H,18,19)/t11-/m0/s1. The summed E-state index contributed by atoms with van der Waals surface area (Å²) in [4.78, 5) is 23.0. The van der Waals surface area contributed by atoms with E-state index in [4.69, 9.17) is 5.11 Å².